The molecule has 0 saturated carbocycles. The van der Waals surface area contributed by atoms with Crippen molar-refractivity contribution < 1.29 is 4.79 Å². The van der Waals surface area contributed by atoms with E-state index in [1.807, 2.05) is 49.5 Å². The highest BCUT2D eigenvalue weighted by Gasteiger charge is 2.10. The van der Waals surface area contributed by atoms with Crippen molar-refractivity contribution in [2.45, 2.75) is 13.5 Å². The SMILES string of the molecule is Cc1ccc(C#N)cc1C(=O)NCCn1cc(-c2ccccc2)nn1. The van der Waals surface area contributed by atoms with E-state index in [0.29, 0.717) is 24.2 Å². The van der Waals surface area contributed by atoms with Crippen molar-refractivity contribution >= 4 is 5.91 Å². The van der Waals surface area contributed by atoms with Crippen LogP contribution in [-0.2, 0) is 6.54 Å². The zero-order chi connectivity index (χ0) is 17.6. The second-order valence-corrected chi connectivity index (χ2v) is 5.63. The molecule has 1 N–H and O–H groups in total. The van der Waals surface area contributed by atoms with Crippen molar-refractivity contribution in [3.63, 3.8) is 0 Å². The van der Waals surface area contributed by atoms with Gasteiger partial charge in [0.25, 0.3) is 5.91 Å². The number of nitrogens with zero attached hydrogens (tertiary/aromatic N) is 4. The van der Waals surface area contributed by atoms with Crippen molar-refractivity contribution in [3.8, 4) is 17.3 Å². The average molecular weight is 331 g/mol. The minimum Gasteiger partial charge on any atom is -0.350 e. The number of nitrogens with one attached hydrogen (secondary N) is 1. The van der Waals surface area contributed by atoms with E-state index >= 15 is 0 Å². The minimum absolute atomic E-state index is 0.196. The Bertz CT molecular complexity index is 924. The molecule has 0 saturated heterocycles. The van der Waals surface area contributed by atoms with Crippen LogP contribution < -0.4 is 5.32 Å². The summed E-state index contributed by atoms with van der Waals surface area (Å²) in [5, 5.41) is 20.0. The molecule has 0 radical (unpaired) electrons. The first kappa shape index (κ1) is 16.4. The third kappa shape index (κ3) is 3.90. The standard InChI is InChI=1S/C19H17N5O/c1-14-7-8-15(12-20)11-17(14)19(25)21-9-10-24-13-18(22-23-24)16-5-3-2-4-6-16/h2-8,11,13H,9-10H2,1H3,(H,21,25). The average Bonchev–Trinajstić information content (AvgIpc) is 3.11. The van der Waals surface area contributed by atoms with E-state index in [9.17, 15) is 4.79 Å². The fraction of sp³-hybridized carbons (Fsp3) is 0.158. The maximum Gasteiger partial charge on any atom is 0.251 e. The molecule has 0 bridgehead atoms. The number of amides is 1. The summed E-state index contributed by atoms with van der Waals surface area (Å²) in [6.07, 6.45) is 1.85. The normalized spacial score (nSPS) is 10.2. The van der Waals surface area contributed by atoms with Crippen LogP contribution in [0.3, 0.4) is 0 Å². The second kappa shape index (κ2) is 7.41. The van der Waals surface area contributed by atoms with Crippen LogP contribution in [0.4, 0.5) is 0 Å². The molecule has 124 valence electrons. The van der Waals surface area contributed by atoms with Crippen LogP contribution in [0.5, 0.6) is 0 Å². The molecule has 1 aromatic heterocycles. The third-order valence-electron chi connectivity index (χ3n) is 3.85. The van der Waals surface area contributed by atoms with Gasteiger partial charge in [-0.15, -0.1) is 5.10 Å². The highest BCUT2D eigenvalue weighted by atomic mass is 16.1. The first-order valence-electron chi connectivity index (χ1n) is 7.92. The second-order valence-electron chi connectivity index (χ2n) is 5.63. The summed E-state index contributed by atoms with van der Waals surface area (Å²) in [7, 11) is 0. The Morgan fingerprint density at radius 2 is 2.04 bits per heavy atom. The van der Waals surface area contributed by atoms with Crippen LogP contribution in [0.1, 0.15) is 21.5 Å². The lowest BCUT2D eigenvalue weighted by Crippen LogP contribution is -2.28. The van der Waals surface area contributed by atoms with Crippen molar-refractivity contribution in [1.29, 1.82) is 5.26 Å². The molecule has 2 aromatic carbocycles. The molecule has 3 rings (SSSR count). The molecule has 3 aromatic rings. The Hall–Kier alpha value is -3.46. The van der Waals surface area contributed by atoms with Crippen molar-refractivity contribution in [2.24, 2.45) is 0 Å². The number of carbonyl (C=O) groups excluding carboxylic acids is 1. The lowest BCUT2D eigenvalue weighted by atomic mass is 10.1. The molecule has 1 heterocycles. The van der Waals surface area contributed by atoms with Gasteiger partial charge in [0.1, 0.15) is 5.69 Å². The lowest BCUT2D eigenvalue weighted by Gasteiger charge is -2.08. The number of hydrogen-bond donors (Lipinski definition) is 1. The zero-order valence-corrected chi connectivity index (χ0v) is 13.8. The van der Waals surface area contributed by atoms with Crippen LogP contribution in [-0.4, -0.2) is 27.4 Å². The van der Waals surface area contributed by atoms with Gasteiger partial charge in [0.15, 0.2) is 0 Å². The summed E-state index contributed by atoms with van der Waals surface area (Å²) >= 11 is 0. The first-order valence-corrected chi connectivity index (χ1v) is 7.92. The molecule has 6 heteroatoms. The van der Waals surface area contributed by atoms with E-state index in [1.165, 1.54) is 0 Å². The number of benzene rings is 2. The van der Waals surface area contributed by atoms with Gasteiger partial charge in [-0.3, -0.25) is 9.48 Å². The van der Waals surface area contributed by atoms with Gasteiger partial charge >= 0.3 is 0 Å². The molecule has 1 amide bonds. The van der Waals surface area contributed by atoms with Gasteiger partial charge in [-0.25, -0.2) is 0 Å². The number of aromatic nitrogens is 3. The fourth-order valence-electron chi connectivity index (χ4n) is 2.46. The fourth-order valence-corrected chi connectivity index (χ4v) is 2.46. The van der Waals surface area contributed by atoms with E-state index in [4.69, 9.17) is 5.26 Å². The van der Waals surface area contributed by atoms with Crippen molar-refractivity contribution in [3.05, 3.63) is 71.4 Å². The Balaban J connectivity index is 1.59. The first-order chi connectivity index (χ1) is 12.2. The van der Waals surface area contributed by atoms with E-state index in [-0.39, 0.29) is 5.91 Å². The van der Waals surface area contributed by atoms with Gasteiger partial charge in [-0.1, -0.05) is 41.6 Å². The van der Waals surface area contributed by atoms with Crippen LogP contribution >= 0.6 is 0 Å². The monoisotopic (exact) mass is 331 g/mol. The highest BCUT2D eigenvalue weighted by molar-refractivity contribution is 5.95. The summed E-state index contributed by atoms with van der Waals surface area (Å²) in [5.74, 6) is -0.196. The molecule has 0 spiro atoms. The van der Waals surface area contributed by atoms with Gasteiger partial charge in [-0.2, -0.15) is 5.26 Å². The molecule has 25 heavy (non-hydrogen) atoms. The van der Waals surface area contributed by atoms with Crippen LogP contribution in [0, 0.1) is 18.3 Å². The van der Waals surface area contributed by atoms with Gasteiger partial charge in [0, 0.05) is 17.7 Å². The van der Waals surface area contributed by atoms with Crippen molar-refractivity contribution in [1.82, 2.24) is 20.3 Å². The number of nitriles is 1. The molecule has 0 unspecified atom stereocenters. The summed E-state index contributed by atoms with van der Waals surface area (Å²) in [5.41, 5.74) is 3.62. The maximum atomic E-state index is 12.3. The predicted octanol–water partition coefficient (Wildman–Crippen LogP) is 2.56. The van der Waals surface area contributed by atoms with Crippen LogP contribution in [0.25, 0.3) is 11.3 Å². The summed E-state index contributed by atoms with van der Waals surface area (Å²) in [6, 6.07) is 16.9. The number of aryl methyl sites for hydroxylation is 1. The van der Waals surface area contributed by atoms with Gasteiger partial charge in [0.05, 0.1) is 24.4 Å². The van der Waals surface area contributed by atoms with E-state index in [0.717, 1.165) is 16.8 Å². The molecule has 0 aliphatic heterocycles. The Labute approximate surface area is 145 Å². The lowest BCUT2D eigenvalue weighted by molar-refractivity contribution is 0.0951. The van der Waals surface area contributed by atoms with Crippen LogP contribution in [0.2, 0.25) is 0 Å². The van der Waals surface area contributed by atoms with E-state index in [1.54, 1.807) is 22.9 Å². The molecule has 0 atom stereocenters. The molecular weight excluding hydrogens is 314 g/mol. The molecule has 6 nitrogen and oxygen atoms in total. The molecular formula is C19H17N5O. The summed E-state index contributed by atoms with van der Waals surface area (Å²) in [6.45, 7) is 2.79. The minimum atomic E-state index is -0.196. The predicted molar refractivity (Wildman–Crippen MR) is 93.7 cm³/mol. The Morgan fingerprint density at radius 3 is 2.80 bits per heavy atom. The topological polar surface area (TPSA) is 83.6 Å². The van der Waals surface area contributed by atoms with Gasteiger partial charge in [0.2, 0.25) is 0 Å². The smallest absolute Gasteiger partial charge is 0.251 e. The van der Waals surface area contributed by atoms with Gasteiger partial charge in [-0.05, 0) is 24.6 Å². The molecule has 0 fully saturated rings. The number of carbonyl (C=O) groups is 1. The largest absolute Gasteiger partial charge is 0.350 e. The van der Waals surface area contributed by atoms with E-state index < -0.39 is 0 Å². The summed E-state index contributed by atoms with van der Waals surface area (Å²) in [4.78, 5) is 12.3. The Kier molecular flexibility index (Phi) is 4.86. The third-order valence-corrected chi connectivity index (χ3v) is 3.85. The van der Waals surface area contributed by atoms with E-state index in [2.05, 4.69) is 15.6 Å². The maximum absolute atomic E-state index is 12.3. The molecule has 0 aliphatic carbocycles. The van der Waals surface area contributed by atoms with Crippen molar-refractivity contribution in [2.75, 3.05) is 6.54 Å². The van der Waals surface area contributed by atoms with Crippen LogP contribution in [0.15, 0.2) is 54.7 Å². The number of rotatable bonds is 5. The quantitative estimate of drug-likeness (QED) is 0.779. The zero-order valence-electron chi connectivity index (χ0n) is 13.8. The molecule has 0 aliphatic rings. The summed E-state index contributed by atoms with van der Waals surface area (Å²) < 4.78 is 1.70. The van der Waals surface area contributed by atoms with Gasteiger partial charge < -0.3 is 5.32 Å². The number of hydrogen-bond acceptors (Lipinski definition) is 4. The Morgan fingerprint density at radius 1 is 1.24 bits per heavy atom. The highest BCUT2D eigenvalue weighted by Crippen LogP contribution is 2.14.